The van der Waals surface area contributed by atoms with Gasteiger partial charge < -0.3 is 5.43 Å². The summed E-state index contributed by atoms with van der Waals surface area (Å²) in [6.07, 6.45) is 2.06. The van der Waals surface area contributed by atoms with Gasteiger partial charge in [-0.1, -0.05) is 0 Å². The molecule has 1 heterocycles. The molecule has 13 heteroatoms. The highest BCUT2D eigenvalue weighted by atomic mass is 16.7. The second-order valence-corrected chi connectivity index (χ2v) is 2.75. The van der Waals surface area contributed by atoms with Crippen LogP contribution in [0.25, 0.3) is 0 Å². The fourth-order valence-electron chi connectivity index (χ4n) is 0.873. The van der Waals surface area contributed by atoms with Gasteiger partial charge >= 0.3 is 5.79 Å². The summed E-state index contributed by atoms with van der Waals surface area (Å²) < 4.78 is 0.922. The first kappa shape index (κ1) is 12.2. The highest BCUT2D eigenvalue weighted by Gasteiger charge is 2.70. The zero-order chi connectivity index (χ0) is 13.1. The van der Waals surface area contributed by atoms with Crippen molar-refractivity contribution in [3.8, 4) is 0 Å². The van der Waals surface area contributed by atoms with Gasteiger partial charge in [-0.15, -0.1) is 10.2 Å². The Morgan fingerprint density at radius 2 is 1.47 bits per heavy atom. The average molecular weight is 247 g/mol. The summed E-state index contributed by atoms with van der Waals surface area (Å²) in [6.45, 7) is -1.15. The van der Waals surface area contributed by atoms with E-state index in [1.807, 2.05) is 0 Å². The van der Waals surface area contributed by atoms with Gasteiger partial charge in [-0.05, 0) is 0 Å². The van der Waals surface area contributed by atoms with Gasteiger partial charge in [0.1, 0.15) is 12.7 Å². The highest BCUT2D eigenvalue weighted by molar-refractivity contribution is 4.75. The molecule has 0 saturated carbocycles. The molecule has 92 valence electrons. The van der Waals surface area contributed by atoms with E-state index in [-0.39, 0.29) is 0 Å². The Hall–Kier alpha value is -2.86. The minimum absolute atomic E-state index is 0.922. The summed E-state index contributed by atoms with van der Waals surface area (Å²) in [4.78, 5) is 26.8. The number of hydrogen-bond acceptors (Lipinski definition) is 9. The fourth-order valence-corrected chi connectivity index (χ4v) is 0.873. The van der Waals surface area contributed by atoms with Crippen LogP contribution in [0.1, 0.15) is 0 Å². The van der Waals surface area contributed by atoms with Crippen LogP contribution in [0.3, 0.4) is 0 Å². The monoisotopic (exact) mass is 247 g/mol. The first-order chi connectivity index (χ1) is 7.91. The van der Waals surface area contributed by atoms with Crippen LogP contribution in [0.15, 0.2) is 12.7 Å². The van der Waals surface area contributed by atoms with E-state index in [0.717, 1.165) is 17.3 Å². The van der Waals surface area contributed by atoms with Gasteiger partial charge in [0.25, 0.3) is 6.54 Å². The van der Waals surface area contributed by atoms with Crippen LogP contribution in [-0.2, 0) is 0 Å². The van der Waals surface area contributed by atoms with Gasteiger partial charge in [0.2, 0.25) is 0 Å². The number of rotatable bonds is 6. The number of nitro groups is 3. The van der Waals surface area contributed by atoms with Crippen molar-refractivity contribution in [2.75, 3.05) is 12.0 Å². The Morgan fingerprint density at radius 1 is 1.06 bits per heavy atom. The first-order valence-corrected chi connectivity index (χ1v) is 3.93. The van der Waals surface area contributed by atoms with Gasteiger partial charge in [-0.25, -0.2) is 4.68 Å². The SMILES string of the molecule is O=[N+]([O-])C(CNn1cnnc1)([N+](=O)[O-])[N+](=O)[O-]. The molecule has 1 aromatic rings. The lowest BCUT2D eigenvalue weighted by atomic mass is 10.4. The van der Waals surface area contributed by atoms with Crippen LogP contribution in [-0.4, -0.2) is 42.0 Å². The third-order valence-corrected chi connectivity index (χ3v) is 1.79. The van der Waals surface area contributed by atoms with Crippen LogP contribution in [0, 0.1) is 30.3 Å². The normalized spacial score (nSPS) is 10.8. The Morgan fingerprint density at radius 3 is 1.82 bits per heavy atom. The first-order valence-electron chi connectivity index (χ1n) is 3.93. The van der Waals surface area contributed by atoms with Crippen LogP contribution in [0.5, 0.6) is 0 Å². The van der Waals surface area contributed by atoms with Crippen molar-refractivity contribution in [1.82, 2.24) is 14.9 Å². The van der Waals surface area contributed by atoms with E-state index in [9.17, 15) is 30.3 Å². The van der Waals surface area contributed by atoms with Crippen LogP contribution >= 0.6 is 0 Å². The van der Waals surface area contributed by atoms with Gasteiger partial charge in [0.15, 0.2) is 14.8 Å². The van der Waals surface area contributed by atoms with Crippen LogP contribution < -0.4 is 5.43 Å². The molecule has 1 aromatic heterocycles. The molecule has 0 aromatic carbocycles. The molecule has 0 bridgehead atoms. The van der Waals surface area contributed by atoms with Crippen molar-refractivity contribution >= 4 is 0 Å². The average Bonchev–Trinajstić information content (AvgIpc) is 2.69. The minimum Gasteiger partial charge on any atom is -0.302 e. The quantitative estimate of drug-likeness (QED) is 0.349. The molecule has 0 aliphatic heterocycles. The van der Waals surface area contributed by atoms with Crippen molar-refractivity contribution < 1.29 is 14.8 Å². The third-order valence-electron chi connectivity index (χ3n) is 1.79. The van der Waals surface area contributed by atoms with E-state index < -0.39 is 27.1 Å². The van der Waals surface area contributed by atoms with Crippen molar-refractivity contribution in [3.63, 3.8) is 0 Å². The second-order valence-electron chi connectivity index (χ2n) is 2.75. The van der Waals surface area contributed by atoms with Gasteiger partial charge in [-0.3, -0.25) is 30.3 Å². The second kappa shape index (κ2) is 4.33. The fraction of sp³-hybridized carbons (Fsp3) is 0.500. The zero-order valence-electron chi connectivity index (χ0n) is 7.99. The molecular formula is C4H5N7O6. The van der Waals surface area contributed by atoms with E-state index >= 15 is 0 Å². The topological polar surface area (TPSA) is 172 Å². The Labute approximate surface area is 91.5 Å². The van der Waals surface area contributed by atoms with Crippen molar-refractivity contribution in [2.24, 2.45) is 0 Å². The lowest BCUT2D eigenvalue weighted by Gasteiger charge is -2.10. The summed E-state index contributed by atoms with van der Waals surface area (Å²) >= 11 is 0. The summed E-state index contributed by atoms with van der Waals surface area (Å²) in [7, 11) is 0. The van der Waals surface area contributed by atoms with E-state index in [2.05, 4.69) is 15.6 Å². The number of nitrogens with zero attached hydrogens (tertiary/aromatic N) is 6. The van der Waals surface area contributed by atoms with Crippen LogP contribution in [0.4, 0.5) is 0 Å². The summed E-state index contributed by atoms with van der Waals surface area (Å²) in [6, 6.07) is 0. The summed E-state index contributed by atoms with van der Waals surface area (Å²) in [5.41, 5.74) is 2.08. The summed E-state index contributed by atoms with van der Waals surface area (Å²) in [5.74, 6) is -3.55. The summed E-state index contributed by atoms with van der Waals surface area (Å²) in [5, 5.41) is 38.1. The van der Waals surface area contributed by atoms with E-state index in [1.165, 1.54) is 0 Å². The number of nitrogens with one attached hydrogen (secondary N) is 1. The molecule has 0 aliphatic rings. The maximum atomic E-state index is 10.5. The lowest BCUT2D eigenvalue weighted by molar-refractivity contribution is -0.965. The minimum atomic E-state index is -3.55. The molecule has 0 aliphatic carbocycles. The smallest absolute Gasteiger partial charge is 0.302 e. The van der Waals surface area contributed by atoms with E-state index in [4.69, 9.17) is 0 Å². The number of aromatic nitrogens is 3. The molecular weight excluding hydrogens is 242 g/mol. The van der Waals surface area contributed by atoms with Crippen molar-refractivity contribution in [1.29, 1.82) is 0 Å². The van der Waals surface area contributed by atoms with E-state index in [1.54, 1.807) is 0 Å². The van der Waals surface area contributed by atoms with Gasteiger partial charge in [0, 0.05) is 0 Å². The van der Waals surface area contributed by atoms with Gasteiger partial charge in [-0.2, -0.15) is 0 Å². The Kier molecular flexibility index (Phi) is 3.11. The zero-order valence-corrected chi connectivity index (χ0v) is 7.99. The van der Waals surface area contributed by atoms with E-state index in [0.29, 0.717) is 0 Å². The van der Waals surface area contributed by atoms with Crippen molar-refractivity contribution in [3.05, 3.63) is 43.0 Å². The maximum absolute atomic E-state index is 10.5. The van der Waals surface area contributed by atoms with Crippen LogP contribution in [0.2, 0.25) is 0 Å². The lowest BCUT2D eigenvalue weighted by Crippen LogP contribution is -2.58. The molecule has 1 N–H and O–H groups in total. The molecule has 1 rings (SSSR count). The molecule has 0 fully saturated rings. The predicted molar refractivity (Wildman–Crippen MR) is 48.0 cm³/mol. The van der Waals surface area contributed by atoms with Gasteiger partial charge in [0.05, 0.1) is 0 Å². The molecule has 0 radical (unpaired) electrons. The molecule has 13 nitrogen and oxygen atoms in total. The predicted octanol–water partition coefficient (Wildman–Crippen LogP) is -1.69. The maximum Gasteiger partial charge on any atom is 0.718 e. The van der Waals surface area contributed by atoms with Crippen molar-refractivity contribution in [2.45, 2.75) is 5.79 Å². The standard InChI is InChI=1S/C4H5N7O6/c12-9(13)4(10(14)15,11(16)17)1-7-8-2-5-6-3-8/h2-3,7H,1H2. The third kappa shape index (κ3) is 2.06. The highest BCUT2D eigenvalue weighted by Crippen LogP contribution is 2.11. The molecule has 0 spiro atoms. The molecule has 0 amide bonds. The largest absolute Gasteiger partial charge is 0.718 e. The molecule has 0 saturated heterocycles. The Balaban J connectivity index is 2.95. The Bertz CT molecular complexity index is 405. The molecule has 17 heavy (non-hydrogen) atoms. The molecule has 0 atom stereocenters. The molecule has 0 unspecified atom stereocenters. The number of hydrogen-bond donors (Lipinski definition) is 1.